The Morgan fingerprint density at radius 1 is 0.361 bits per heavy atom. The molecule has 0 N–H and O–H groups in total. The molecule has 36 heavy (non-hydrogen) atoms. The molecule has 0 unspecified atom stereocenters. The van der Waals surface area contributed by atoms with Crippen LogP contribution in [0.15, 0.2) is 97.1 Å². The molecule has 0 heterocycles. The van der Waals surface area contributed by atoms with Crippen molar-refractivity contribution in [3.63, 3.8) is 0 Å². The summed E-state index contributed by atoms with van der Waals surface area (Å²) in [5.41, 5.74) is 6.18. The Bertz CT molecular complexity index is 1320. The fraction of sp³-hybridized carbons (Fsp3) is 0. The molecule has 6 heteroatoms. The Balaban J connectivity index is 1.33. The van der Waals surface area contributed by atoms with E-state index in [1.54, 1.807) is 24.3 Å². The van der Waals surface area contributed by atoms with Crippen LogP contribution in [-0.2, 0) is 0 Å². The van der Waals surface area contributed by atoms with Crippen molar-refractivity contribution in [3.8, 4) is 0 Å². The number of nitro groups is 2. The Labute approximate surface area is 208 Å². The van der Waals surface area contributed by atoms with Gasteiger partial charge in [-0.15, -0.1) is 0 Å². The topological polar surface area (TPSA) is 86.3 Å². The van der Waals surface area contributed by atoms with Crippen LogP contribution in [0.4, 0.5) is 11.4 Å². The summed E-state index contributed by atoms with van der Waals surface area (Å²) in [5.74, 6) is 0. The van der Waals surface area contributed by atoms with E-state index in [0.717, 1.165) is 33.4 Å². The van der Waals surface area contributed by atoms with Crippen LogP contribution in [-0.4, -0.2) is 9.85 Å². The minimum absolute atomic E-state index is 0.0802. The summed E-state index contributed by atoms with van der Waals surface area (Å²) in [5, 5.41) is 21.5. The first-order valence-corrected chi connectivity index (χ1v) is 11.2. The highest BCUT2D eigenvalue weighted by Crippen LogP contribution is 2.17. The van der Waals surface area contributed by atoms with Crippen molar-refractivity contribution >= 4 is 47.8 Å². The van der Waals surface area contributed by atoms with E-state index in [1.165, 1.54) is 24.3 Å². The first-order valence-electron chi connectivity index (χ1n) is 11.2. The van der Waals surface area contributed by atoms with Crippen molar-refractivity contribution < 1.29 is 9.85 Å². The van der Waals surface area contributed by atoms with Crippen molar-refractivity contribution in [1.29, 1.82) is 0 Å². The molecule has 4 rings (SSSR count). The van der Waals surface area contributed by atoms with Crippen LogP contribution in [0.2, 0.25) is 0 Å². The van der Waals surface area contributed by atoms with Gasteiger partial charge in [-0.1, -0.05) is 85.0 Å². The molecule has 0 aliphatic carbocycles. The van der Waals surface area contributed by atoms with E-state index in [2.05, 4.69) is 0 Å². The predicted molar refractivity (Wildman–Crippen MR) is 146 cm³/mol. The van der Waals surface area contributed by atoms with E-state index in [0.29, 0.717) is 0 Å². The third-order valence-corrected chi connectivity index (χ3v) is 5.49. The lowest BCUT2D eigenvalue weighted by molar-refractivity contribution is -0.385. The Kier molecular flexibility index (Phi) is 7.58. The molecule has 4 aromatic carbocycles. The maximum absolute atomic E-state index is 10.7. The first kappa shape index (κ1) is 24.0. The number of benzene rings is 4. The minimum Gasteiger partial charge on any atom is -0.258 e. The average Bonchev–Trinajstić information content (AvgIpc) is 2.91. The average molecular weight is 475 g/mol. The fourth-order valence-electron chi connectivity index (χ4n) is 3.43. The van der Waals surface area contributed by atoms with E-state index in [1.807, 2.05) is 85.0 Å². The summed E-state index contributed by atoms with van der Waals surface area (Å²) in [6, 6.07) is 29.1. The lowest BCUT2D eigenvalue weighted by Crippen LogP contribution is -1.86. The van der Waals surface area contributed by atoms with Crippen LogP contribution in [0.25, 0.3) is 36.5 Å². The minimum atomic E-state index is -0.407. The van der Waals surface area contributed by atoms with Gasteiger partial charge in [-0.25, -0.2) is 0 Å². The molecule has 4 aromatic rings. The van der Waals surface area contributed by atoms with Crippen LogP contribution in [0, 0.1) is 20.2 Å². The van der Waals surface area contributed by atoms with Gasteiger partial charge in [0.25, 0.3) is 11.4 Å². The van der Waals surface area contributed by atoms with Crippen LogP contribution < -0.4 is 0 Å². The SMILES string of the molecule is O=[N+]([O-])c1ccc(C=Cc2ccc(C=Cc3ccc(C=Cc4ccc([N+](=O)[O-])cc4)cc3)cc2)cc1. The van der Waals surface area contributed by atoms with Crippen LogP contribution >= 0.6 is 0 Å². The highest BCUT2D eigenvalue weighted by atomic mass is 16.6. The second-order valence-corrected chi connectivity index (χ2v) is 8.03. The quantitative estimate of drug-likeness (QED) is 0.147. The molecule has 0 amide bonds. The summed E-state index contributed by atoms with van der Waals surface area (Å²) in [6.45, 7) is 0. The molecule has 176 valence electrons. The standard InChI is InChI=1S/C30H22N2O4/c33-31(34)29-19-15-27(16-20-29)13-11-25-7-3-23(4-8-25)1-2-24-5-9-26(10-6-24)12-14-28-17-21-30(22-18-28)32(35)36/h1-22H. The van der Waals surface area contributed by atoms with Crippen molar-refractivity contribution in [3.05, 3.63) is 151 Å². The molecule has 0 spiro atoms. The highest BCUT2D eigenvalue weighted by Gasteiger charge is 2.03. The summed E-state index contributed by atoms with van der Waals surface area (Å²) >= 11 is 0. The molecule has 6 nitrogen and oxygen atoms in total. The molecule has 0 atom stereocenters. The molecule has 0 bridgehead atoms. The van der Waals surface area contributed by atoms with Crippen molar-refractivity contribution in [2.45, 2.75) is 0 Å². The highest BCUT2D eigenvalue weighted by molar-refractivity contribution is 5.74. The molecule has 0 aliphatic rings. The van der Waals surface area contributed by atoms with Crippen molar-refractivity contribution in [2.75, 3.05) is 0 Å². The van der Waals surface area contributed by atoms with Crippen LogP contribution in [0.5, 0.6) is 0 Å². The normalized spacial score (nSPS) is 11.4. The van der Waals surface area contributed by atoms with E-state index >= 15 is 0 Å². The number of rotatable bonds is 8. The predicted octanol–water partition coefficient (Wildman–Crippen LogP) is 8.01. The maximum Gasteiger partial charge on any atom is 0.269 e. The molecular formula is C30H22N2O4. The monoisotopic (exact) mass is 474 g/mol. The molecule has 0 saturated heterocycles. The van der Waals surface area contributed by atoms with Gasteiger partial charge in [0, 0.05) is 24.3 Å². The van der Waals surface area contributed by atoms with E-state index in [9.17, 15) is 20.2 Å². The zero-order chi connectivity index (χ0) is 25.3. The summed E-state index contributed by atoms with van der Waals surface area (Å²) < 4.78 is 0. The third-order valence-electron chi connectivity index (χ3n) is 5.49. The van der Waals surface area contributed by atoms with E-state index < -0.39 is 9.85 Å². The van der Waals surface area contributed by atoms with Gasteiger partial charge in [-0.3, -0.25) is 20.2 Å². The van der Waals surface area contributed by atoms with Gasteiger partial charge >= 0.3 is 0 Å². The first-order chi connectivity index (χ1) is 17.5. The Hall–Kier alpha value is -5.10. The third kappa shape index (κ3) is 6.71. The Morgan fingerprint density at radius 3 is 0.694 bits per heavy atom. The lowest BCUT2D eigenvalue weighted by atomic mass is 10.1. The van der Waals surface area contributed by atoms with Crippen molar-refractivity contribution in [2.24, 2.45) is 0 Å². The second-order valence-electron chi connectivity index (χ2n) is 8.03. The molecule has 0 radical (unpaired) electrons. The molecular weight excluding hydrogens is 452 g/mol. The van der Waals surface area contributed by atoms with E-state index in [-0.39, 0.29) is 11.4 Å². The number of non-ortho nitro benzene ring substituents is 2. The summed E-state index contributed by atoms with van der Waals surface area (Å²) in [4.78, 5) is 20.7. The van der Waals surface area contributed by atoms with Gasteiger partial charge in [0.2, 0.25) is 0 Å². The summed E-state index contributed by atoms with van der Waals surface area (Å²) in [7, 11) is 0. The summed E-state index contributed by atoms with van der Waals surface area (Å²) in [6.07, 6.45) is 11.9. The smallest absolute Gasteiger partial charge is 0.258 e. The van der Waals surface area contributed by atoms with Gasteiger partial charge in [0.15, 0.2) is 0 Å². The lowest BCUT2D eigenvalue weighted by Gasteiger charge is -1.99. The van der Waals surface area contributed by atoms with Crippen LogP contribution in [0.3, 0.4) is 0 Å². The molecule has 0 aliphatic heterocycles. The number of hydrogen-bond acceptors (Lipinski definition) is 4. The van der Waals surface area contributed by atoms with Crippen LogP contribution in [0.1, 0.15) is 33.4 Å². The van der Waals surface area contributed by atoms with Gasteiger partial charge < -0.3 is 0 Å². The van der Waals surface area contributed by atoms with E-state index in [4.69, 9.17) is 0 Å². The zero-order valence-electron chi connectivity index (χ0n) is 19.2. The fourth-order valence-corrected chi connectivity index (χ4v) is 3.43. The maximum atomic E-state index is 10.7. The number of hydrogen-bond donors (Lipinski definition) is 0. The molecule has 0 aromatic heterocycles. The van der Waals surface area contributed by atoms with Gasteiger partial charge in [0.05, 0.1) is 9.85 Å². The van der Waals surface area contributed by atoms with Gasteiger partial charge in [-0.2, -0.15) is 0 Å². The van der Waals surface area contributed by atoms with Gasteiger partial charge in [-0.05, 0) is 57.6 Å². The number of nitro benzene ring substituents is 2. The Morgan fingerprint density at radius 2 is 0.528 bits per heavy atom. The zero-order valence-corrected chi connectivity index (χ0v) is 19.2. The van der Waals surface area contributed by atoms with Gasteiger partial charge in [0.1, 0.15) is 0 Å². The second kappa shape index (κ2) is 11.4. The molecule has 0 fully saturated rings. The van der Waals surface area contributed by atoms with Crippen molar-refractivity contribution in [1.82, 2.24) is 0 Å². The largest absolute Gasteiger partial charge is 0.269 e. The number of nitrogens with zero attached hydrogens (tertiary/aromatic N) is 2. The molecule has 0 saturated carbocycles.